The molecule has 6 nitrogen and oxygen atoms in total. The Kier molecular flexibility index (Phi) is 24.2. The SMILES string of the molecule is C/C=C\C(=O)N(CCOC(=O)C(CC)CCCCCCCC)CCOC(=O)C(CC)CCCCCCCC. The lowest BCUT2D eigenvalue weighted by Crippen LogP contribution is -2.37. The minimum absolute atomic E-state index is 0.0839. The molecule has 0 aliphatic rings. The Morgan fingerprint density at radius 1 is 0.632 bits per heavy atom. The maximum atomic E-state index is 12.6. The molecule has 0 radical (unpaired) electrons. The third kappa shape index (κ3) is 18.4. The molecule has 0 saturated heterocycles. The van der Waals surface area contributed by atoms with Crippen molar-refractivity contribution >= 4 is 17.8 Å². The molecule has 0 N–H and O–H groups in total. The van der Waals surface area contributed by atoms with E-state index in [4.69, 9.17) is 9.47 Å². The van der Waals surface area contributed by atoms with Crippen LogP contribution in [0.2, 0.25) is 0 Å². The van der Waals surface area contributed by atoms with Gasteiger partial charge in [-0.1, -0.05) is 111 Å². The second-order valence-corrected chi connectivity index (χ2v) is 10.5. The standard InChI is InChI=1S/C32H59NO5/c1-6-11-13-15-17-19-22-28(9-4)31(35)37-26-24-33(30(34)21-8-3)25-27-38-32(36)29(10-5)23-20-18-16-14-12-7-2/h8,21,28-29H,6-7,9-20,22-27H2,1-5H3/b21-8-. The van der Waals surface area contributed by atoms with E-state index in [1.54, 1.807) is 17.9 Å². The molecule has 0 bridgehead atoms. The van der Waals surface area contributed by atoms with Crippen molar-refractivity contribution in [3.05, 3.63) is 12.2 Å². The quantitative estimate of drug-likeness (QED) is 0.0669. The van der Waals surface area contributed by atoms with Crippen LogP contribution in [0.3, 0.4) is 0 Å². The van der Waals surface area contributed by atoms with Crippen LogP contribution in [0.4, 0.5) is 0 Å². The summed E-state index contributed by atoms with van der Waals surface area (Å²) in [6.45, 7) is 11.1. The zero-order valence-corrected chi connectivity index (χ0v) is 25.4. The van der Waals surface area contributed by atoms with E-state index in [0.29, 0.717) is 0 Å². The molecule has 0 saturated carbocycles. The molecule has 222 valence electrons. The normalized spacial score (nSPS) is 12.9. The first-order valence-electron chi connectivity index (χ1n) is 15.7. The Labute approximate surface area is 234 Å². The summed E-state index contributed by atoms with van der Waals surface area (Å²) in [5, 5.41) is 0. The monoisotopic (exact) mass is 537 g/mol. The number of hydrogen-bond acceptors (Lipinski definition) is 5. The minimum Gasteiger partial charge on any atom is -0.464 e. The van der Waals surface area contributed by atoms with Crippen molar-refractivity contribution in [2.75, 3.05) is 26.3 Å². The summed E-state index contributed by atoms with van der Waals surface area (Å²) in [6.07, 6.45) is 20.8. The van der Waals surface area contributed by atoms with Gasteiger partial charge in [-0.15, -0.1) is 0 Å². The van der Waals surface area contributed by atoms with Crippen LogP contribution in [0.25, 0.3) is 0 Å². The van der Waals surface area contributed by atoms with Gasteiger partial charge in [0.15, 0.2) is 0 Å². The molecule has 0 aromatic heterocycles. The number of hydrogen-bond donors (Lipinski definition) is 0. The number of carbonyl (C=O) groups is 3. The number of rotatable bonds is 25. The highest BCUT2D eigenvalue weighted by Crippen LogP contribution is 2.18. The number of ether oxygens (including phenoxy) is 2. The molecule has 1 amide bonds. The average Bonchev–Trinajstić information content (AvgIpc) is 2.91. The summed E-state index contributed by atoms with van der Waals surface area (Å²) < 4.78 is 11.1. The Balaban J connectivity index is 4.49. The zero-order valence-electron chi connectivity index (χ0n) is 25.4. The Morgan fingerprint density at radius 3 is 1.39 bits per heavy atom. The van der Waals surface area contributed by atoms with Gasteiger partial charge in [-0.25, -0.2) is 0 Å². The number of unbranched alkanes of at least 4 members (excludes halogenated alkanes) is 10. The number of esters is 2. The Bertz CT molecular complexity index is 591. The molecule has 0 heterocycles. The van der Waals surface area contributed by atoms with Gasteiger partial charge in [-0.3, -0.25) is 14.4 Å². The lowest BCUT2D eigenvalue weighted by Gasteiger charge is -2.22. The van der Waals surface area contributed by atoms with E-state index in [2.05, 4.69) is 13.8 Å². The zero-order chi connectivity index (χ0) is 28.4. The molecule has 0 rings (SSSR count). The second-order valence-electron chi connectivity index (χ2n) is 10.5. The minimum atomic E-state index is -0.175. The first kappa shape index (κ1) is 36.1. The Hall–Kier alpha value is -1.85. The van der Waals surface area contributed by atoms with E-state index >= 15 is 0 Å². The molecule has 0 aliphatic heterocycles. The van der Waals surface area contributed by atoms with Gasteiger partial charge < -0.3 is 14.4 Å². The highest BCUT2D eigenvalue weighted by atomic mass is 16.5. The van der Waals surface area contributed by atoms with Gasteiger partial charge >= 0.3 is 11.9 Å². The van der Waals surface area contributed by atoms with Crippen molar-refractivity contribution in [1.82, 2.24) is 4.90 Å². The summed E-state index contributed by atoms with van der Waals surface area (Å²) in [5.74, 6) is -0.686. The topological polar surface area (TPSA) is 72.9 Å². The van der Waals surface area contributed by atoms with E-state index in [1.165, 1.54) is 57.4 Å². The molecule has 2 unspecified atom stereocenters. The van der Waals surface area contributed by atoms with E-state index < -0.39 is 0 Å². The summed E-state index contributed by atoms with van der Waals surface area (Å²) in [5.41, 5.74) is 0. The Morgan fingerprint density at radius 2 is 1.03 bits per heavy atom. The molecular weight excluding hydrogens is 478 g/mol. The number of nitrogens with zero attached hydrogens (tertiary/aromatic N) is 1. The molecular formula is C32H59NO5. The predicted molar refractivity (Wildman–Crippen MR) is 157 cm³/mol. The van der Waals surface area contributed by atoms with Gasteiger partial charge in [0.2, 0.25) is 5.91 Å². The highest BCUT2D eigenvalue weighted by Gasteiger charge is 2.20. The van der Waals surface area contributed by atoms with Crippen LogP contribution in [0.5, 0.6) is 0 Å². The van der Waals surface area contributed by atoms with E-state index in [-0.39, 0.29) is 56.0 Å². The maximum Gasteiger partial charge on any atom is 0.308 e. The number of carbonyl (C=O) groups excluding carboxylic acids is 3. The van der Waals surface area contributed by atoms with Crippen LogP contribution in [0, 0.1) is 11.8 Å². The molecule has 0 fully saturated rings. The molecule has 6 heteroatoms. The summed E-state index contributed by atoms with van der Waals surface area (Å²) in [4.78, 5) is 39.3. The largest absolute Gasteiger partial charge is 0.464 e. The van der Waals surface area contributed by atoms with Crippen molar-refractivity contribution in [3.8, 4) is 0 Å². The predicted octanol–water partition coefficient (Wildman–Crippen LogP) is 8.03. The summed E-state index contributed by atoms with van der Waals surface area (Å²) in [6, 6.07) is 0. The third-order valence-corrected chi connectivity index (χ3v) is 7.30. The number of amides is 1. The van der Waals surface area contributed by atoms with E-state index in [9.17, 15) is 14.4 Å². The van der Waals surface area contributed by atoms with Crippen molar-refractivity contribution in [2.45, 2.75) is 137 Å². The second kappa shape index (κ2) is 25.4. The fraction of sp³-hybridized carbons (Fsp3) is 0.844. The van der Waals surface area contributed by atoms with Crippen molar-refractivity contribution in [3.63, 3.8) is 0 Å². The molecule has 2 atom stereocenters. The van der Waals surface area contributed by atoms with Crippen LogP contribution in [0.15, 0.2) is 12.2 Å². The fourth-order valence-corrected chi connectivity index (χ4v) is 4.65. The van der Waals surface area contributed by atoms with E-state index in [1.807, 2.05) is 13.8 Å². The molecule has 0 aromatic rings. The third-order valence-electron chi connectivity index (χ3n) is 7.30. The van der Waals surface area contributed by atoms with Crippen LogP contribution in [-0.2, 0) is 23.9 Å². The molecule has 0 aliphatic carbocycles. The first-order chi connectivity index (χ1) is 18.4. The lowest BCUT2D eigenvalue weighted by molar-refractivity contribution is -0.151. The first-order valence-corrected chi connectivity index (χ1v) is 15.7. The van der Waals surface area contributed by atoms with Gasteiger partial charge in [-0.05, 0) is 38.7 Å². The summed E-state index contributed by atoms with van der Waals surface area (Å²) in [7, 11) is 0. The maximum absolute atomic E-state index is 12.6. The molecule has 38 heavy (non-hydrogen) atoms. The average molecular weight is 538 g/mol. The van der Waals surface area contributed by atoms with Crippen LogP contribution >= 0.6 is 0 Å². The lowest BCUT2D eigenvalue weighted by atomic mass is 9.98. The fourth-order valence-electron chi connectivity index (χ4n) is 4.65. The van der Waals surface area contributed by atoms with Gasteiger partial charge in [0.1, 0.15) is 13.2 Å². The molecule has 0 spiro atoms. The smallest absolute Gasteiger partial charge is 0.308 e. The van der Waals surface area contributed by atoms with Crippen molar-refractivity contribution in [2.24, 2.45) is 11.8 Å². The van der Waals surface area contributed by atoms with Crippen LogP contribution in [0.1, 0.15) is 137 Å². The van der Waals surface area contributed by atoms with Crippen molar-refractivity contribution < 1.29 is 23.9 Å². The van der Waals surface area contributed by atoms with Gasteiger partial charge in [0.25, 0.3) is 0 Å². The van der Waals surface area contributed by atoms with E-state index in [0.717, 1.165) is 51.4 Å². The van der Waals surface area contributed by atoms with Crippen LogP contribution in [-0.4, -0.2) is 49.0 Å². The van der Waals surface area contributed by atoms with Crippen LogP contribution < -0.4 is 0 Å². The molecule has 0 aromatic carbocycles. The number of allylic oxidation sites excluding steroid dienone is 1. The summed E-state index contributed by atoms with van der Waals surface area (Å²) >= 11 is 0. The van der Waals surface area contributed by atoms with Gasteiger partial charge in [0, 0.05) is 0 Å². The van der Waals surface area contributed by atoms with Gasteiger partial charge in [0.05, 0.1) is 24.9 Å². The van der Waals surface area contributed by atoms with Gasteiger partial charge in [-0.2, -0.15) is 0 Å². The van der Waals surface area contributed by atoms with Crippen molar-refractivity contribution in [1.29, 1.82) is 0 Å². The highest BCUT2D eigenvalue weighted by molar-refractivity contribution is 5.87.